The molecule has 2 fully saturated rings. The molecule has 0 spiro atoms. The fourth-order valence-electron chi connectivity index (χ4n) is 4.41. The van der Waals surface area contributed by atoms with Gasteiger partial charge >= 0.3 is 6.09 Å². The van der Waals surface area contributed by atoms with Gasteiger partial charge in [0.15, 0.2) is 0 Å². The summed E-state index contributed by atoms with van der Waals surface area (Å²) in [5.41, 5.74) is -0.245. The minimum atomic E-state index is -0.443. The second-order valence-corrected chi connectivity index (χ2v) is 10.5. The van der Waals surface area contributed by atoms with E-state index in [0.717, 1.165) is 31.0 Å². The summed E-state index contributed by atoms with van der Waals surface area (Å²) in [4.78, 5) is 14.1. The van der Waals surface area contributed by atoms with Crippen molar-refractivity contribution in [1.82, 2.24) is 4.90 Å². The number of halogens is 1. The lowest BCUT2D eigenvalue weighted by Gasteiger charge is -2.46. The van der Waals surface area contributed by atoms with Crippen LogP contribution in [-0.4, -0.2) is 46.7 Å². The first-order chi connectivity index (χ1) is 11.4. The third-order valence-electron chi connectivity index (χ3n) is 5.33. The lowest BCUT2D eigenvalue weighted by molar-refractivity contribution is -0.135. The maximum Gasteiger partial charge on any atom is 0.410 e. The fraction of sp³-hybridized carbons (Fsp3) is 0.950. The van der Waals surface area contributed by atoms with Crippen molar-refractivity contribution >= 4 is 22.0 Å². The van der Waals surface area contributed by atoms with Crippen LogP contribution in [0.25, 0.3) is 0 Å². The number of likely N-dealkylation sites (tertiary alicyclic amines) is 1. The molecule has 25 heavy (non-hydrogen) atoms. The van der Waals surface area contributed by atoms with Gasteiger partial charge in [-0.25, -0.2) is 4.79 Å². The first-order valence-corrected chi connectivity index (χ1v) is 10.8. The zero-order valence-electron chi connectivity index (χ0n) is 16.9. The Balaban J connectivity index is 1.93. The van der Waals surface area contributed by atoms with Crippen molar-refractivity contribution in [3.8, 4) is 0 Å². The number of carbonyl (C=O) groups excluding carboxylic acids is 1. The maximum absolute atomic E-state index is 12.3. The third-order valence-corrected chi connectivity index (χ3v) is 6.36. The van der Waals surface area contributed by atoms with E-state index in [4.69, 9.17) is 9.47 Å². The Morgan fingerprint density at radius 3 is 2.28 bits per heavy atom. The molecule has 0 aromatic heterocycles. The first-order valence-electron chi connectivity index (χ1n) is 9.65. The summed E-state index contributed by atoms with van der Waals surface area (Å²) in [6.07, 6.45) is 5.40. The highest BCUT2D eigenvalue weighted by molar-refractivity contribution is 9.09. The average Bonchev–Trinajstić information content (AvgIpc) is 2.43. The molecule has 1 amide bonds. The van der Waals surface area contributed by atoms with Crippen molar-refractivity contribution in [1.29, 1.82) is 0 Å². The second-order valence-electron chi connectivity index (χ2n) is 9.94. The van der Waals surface area contributed by atoms with Crippen LogP contribution in [0.3, 0.4) is 0 Å². The highest BCUT2D eigenvalue weighted by Crippen LogP contribution is 2.42. The number of alkyl halides is 1. The molecule has 1 heterocycles. The highest BCUT2D eigenvalue weighted by atomic mass is 79.9. The molecule has 0 bridgehead atoms. The fourth-order valence-corrected chi connectivity index (χ4v) is 5.10. The number of carbonyl (C=O) groups is 1. The Hall–Kier alpha value is -0.290. The van der Waals surface area contributed by atoms with E-state index < -0.39 is 5.60 Å². The number of amides is 1. The highest BCUT2D eigenvalue weighted by Gasteiger charge is 2.41. The molecule has 1 aliphatic carbocycles. The molecule has 2 rings (SSSR count). The molecule has 1 aliphatic heterocycles. The molecular formula is C20H36BrNO3. The SMILES string of the molecule is CC1CC(OC2(CBr)CCN(C(=O)OC(C)(C)C)CC2)CC(C)(C)C1. The molecule has 5 heteroatoms. The van der Waals surface area contributed by atoms with Crippen LogP contribution in [0.1, 0.15) is 73.6 Å². The van der Waals surface area contributed by atoms with E-state index in [1.165, 1.54) is 6.42 Å². The van der Waals surface area contributed by atoms with E-state index in [2.05, 4.69) is 36.7 Å². The van der Waals surface area contributed by atoms with Gasteiger partial charge in [0.1, 0.15) is 5.60 Å². The van der Waals surface area contributed by atoms with Crippen molar-refractivity contribution < 1.29 is 14.3 Å². The Labute approximate surface area is 162 Å². The van der Waals surface area contributed by atoms with Gasteiger partial charge in [0, 0.05) is 18.4 Å². The van der Waals surface area contributed by atoms with Crippen molar-refractivity contribution in [2.24, 2.45) is 11.3 Å². The van der Waals surface area contributed by atoms with Gasteiger partial charge in [-0.3, -0.25) is 0 Å². The summed E-state index contributed by atoms with van der Waals surface area (Å²) in [6, 6.07) is 0. The van der Waals surface area contributed by atoms with Crippen molar-refractivity contribution in [2.75, 3.05) is 18.4 Å². The molecule has 4 nitrogen and oxygen atoms in total. The molecule has 0 aromatic rings. The smallest absolute Gasteiger partial charge is 0.410 e. The first kappa shape index (κ1) is 21.0. The van der Waals surface area contributed by atoms with Gasteiger partial charge in [-0.2, -0.15) is 0 Å². The van der Waals surface area contributed by atoms with Gasteiger partial charge < -0.3 is 14.4 Å². The van der Waals surface area contributed by atoms with Crippen LogP contribution in [0.2, 0.25) is 0 Å². The zero-order chi connectivity index (χ0) is 18.9. The topological polar surface area (TPSA) is 38.8 Å². The Morgan fingerprint density at radius 1 is 1.20 bits per heavy atom. The summed E-state index contributed by atoms with van der Waals surface area (Å²) in [5.74, 6) is 0.711. The number of piperidine rings is 1. The van der Waals surface area contributed by atoms with Crippen LogP contribution in [-0.2, 0) is 9.47 Å². The van der Waals surface area contributed by atoms with E-state index in [0.29, 0.717) is 30.5 Å². The summed E-state index contributed by atoms with van der Waals surface area (Å²) >= 11 is 3.68. The van der Waals surface area contributed by atoms with Gasteiger partial charge in [-0.05, 0) is 64.2 Å². The van der Waals surface area contributed by atoms with Crippen LogP contribution in [0.4, 0.5) is 4.79 Å². The largest absolute Gasteiger partial charge is 0.444 e. The Morgan fingerprint density at radius 2 is 1.80 bits per heavy atom. The van der Waals surface area contributed by atoms with Gasteiger partial charge in [-0.15, -0.1) is 0 Å². The molecule has 1 saturated carbocycles. The predicted octanol–water partition coefficient (Wildman–Crippen LogP) is 5.38. The quantitative estimate of drug-likeness (QED) is 0.578. The second kappa shape index (κ2) is 7.75. The summed E-state index contributed by atoms with van der Waals surface area (Å²) < 4.78 is 12.2. The molecule has 0 aromatic carbocycles. The number of rotatable bonds is 3. The van der Waals surface area contributed by atoms with Gasteiger partial charge in [0.05, 0.1) is 11.7 Å². The van der Waals surface area contributed by atoms with Crippen LogP contribution < -0.4 is 0 Å². The third kappa shape index (κ3) is 6.13. The molecule has 1 saturated heterocycles. The zero-order valence-corrected chi connectivity index (χ0v) is 18.4. The minimum absolute atomic E-state index is 0.156. The molecule has 146 valence electrons. The van der Waals surface area contributed by atoms with E-state index >= 15 is 0 Å². The molecule has 2 unspecified atom stereocenters. The summed E-state index contributed by atoms with van der Waals surface area (Å²) in [7, 11) is 0. The van der Waals surface area contributed by atoms with Crippen molar-refractivity contribution in [3.05, 3.63) is 0 Å². The maximum atomic E-state index is 12.3. The van der Waals surface area contributed by atoms with E-state index in [-0.39, 0.29) is 11.7 Å². The summed E-state index contributed by atoms with van der Waals surface area (Å²) in [6.45, 7) is 14.2. The predicted molar refractivity (Wildman–Crippen MR) is 105 cm³/mol. The molecule has 0 N–H and O–H groups in total. The van der Waals surface area contributed by atoms with Crippen LogP contribution in [0, 0.1) is 11.3 Å². The number of nitrogens with zero attached hydrogens (tertiary/aromatic N) is 1. The lowest BCUT2D eigenvalue weighted by Crippen LogP contribution is -2.52. The van der Waals surface area contributed by atoms with Gasteiger partial charge in [0.25, 0.3) is 0 Å². The van der Waals surface area contributed by atoms with E-state index in [1.54, 1.807) is 0 Å². The van der Waals surface area contributed by atoms with Crippen molar-refractivity contribution in [2.45, 2.75) is 91.0 Å². The molecule has 2 atom stereocenters. The Bertz CT molecular complexity index is 464. The standard InChI is InChI=1S/C20H36BrNO3/c1-15-11-16(13-19(5,6)12-15)24-20(14-21)7-9-22(10-8-20)17(23)25-18(2,3)4/h15-16H,7-14H2,1-6H3. The van der Waals surface area contributed by atoms with Crippen LogP contribution in [0.5, 0.6) is 0 Å². The van der Waals surface area contributed by atoms with Gasteiger partial charge in [-0.1, -0.05) is 36.7 Å². The Kier molecular flexibility index (Phi) is 6.52. The number of hydrogen-bond acceptors (Lipinski definition) is 3. The van der Waals surface area contributed by atoms with E-state index in [1.807, 2.05) is 25.7 Å². The van der Waals surface area contributed by atoms with Crippen LogP contribution in [0.15, 0.2) is 0 Å². The number of ether oxygens (including phenoxy) is 2. The summed E-state index contributed by atoms with van der Waals surface area (Å²) in [5, 5.41) is 0.827. The van der Waals surface area contributed by atoms with Crippen LogP contribution >= 0.6 is 15.9 Å². The number of hydrogen-bond donors (Lipinski definition) is 0. The monoisotopic (exact) mass is 417 g/mol. The van der Waals surface area contributed by atoms with Gasteiger partial charge in [0.2, 0.25) is 0 Å². The molecule has 0 radical (unpaired) electrons. The minimum Gasteiger partial charge on any atom is -0.444 e. The lowest BCUT2D eigenvalue weighted by atomic mass is 9.71. The normalized spacial score (nSPS) is 29.3. The average molecular weight is 418 g/mol. The van der Waals surface area contributed by atoms with E-state index in [9.17, 15) is 4.79 Å². The van der Waals surface area contributed by atoms with Crippen molar-refractivity contribution in [3.63, 3.8) is 0 Å². The molecular weight excluding hydrogens is 382 g/mol. The molecule has 2 aliphatic rings.